The highest BCUT2D eigenvalue weighted by Crippen LogP contribution is 2.24. The first kappa shape index (κ1) is 15.7. The van der Waals surface area contributed by atoms with Crippen molar-refractivity contribution < 1.29 is 29.0 Å². The molecule has 0 saturated heterocycles. The number of hydrogen-bond acceptors (Lipinski definition) is 3. The molecule has 0 radical (unpaired) electrons. The van der Waals surface area contributed by atoms with Gasteiger partial charge in [0.2, 0.25) is 0 Å². The first-order valence-electron chi connectivity index (χ1n) is 5.27. The SMILES string of the molecule is O=C(O)CC(NC(=O)Nc1c(F)cccc1Cl)C(=O)O. The monoisotopic (exact) mass is 304 g/mol. The fourth-order valence-electron chi connectivity index (χ4n) is 1.30. The number of carboxylic acid groups (broad SMARTS) is 2. The molecule has 0 aliphatic heterocycles. The van der Waals surface area contributed by atoms with Crippen molar-refractivity contribution in [1.29, 1.82) is 0 Å². The number of carbonyl (C=O) groups is 3. The summed E-state index contributed by atoms with van der Waals surface area (Å²) >= 11 is 5.66. The van der Waals surface area contributed by atoms with Crippen LogP contribution in [0.15, 0.2) is 18.2 Å². The molecule has 1 aromatic rings. The van der Waals surface area contributed by atoms with Crippen molar-refractivity contribution in [2.75, 3.05) is 5.32 Å². The van der Waals surface area contributed by atoms with Gasteiger partial charge in [-0.15, -0.1) is 0 Å². The van der Waals surface area contributed by atoms with Crippen molar-refractivity contribution in [3.8, 4) is 0 Å². The molecule has 0 aliphatic carbocycles. The van der Waals surface area contributed by atoms with Crippen LogP contribution in [0.3, 0.4) is 0 Å². The molecule has 0 fully saturated rings. The van der Waals surface area contributed by atoms with E-state index in [0.29, 0.717) is 0 Å². The molecular formula is C11H10ClFN2O5. The van der Waals surface area contributed by atoms with E-state index in [0.717, 1.165) is 6.07 Å². The second kappa shape index (κ2) is 6.71. The van der Waals surface area contributed by atoms with Crippen molar-refractivity contribution in [2.24, 2.45) is 0 Å². The molecule has 2 amide bonds. The lowest BCUT2D eigenvalue weighted by atomic mass is 10.2. The van der Waals surface area contributed by atoms with Gasteiger partial charge in [-0.25, -0.2) is 14.0 Å². The lowest BCUT2D eigenvalue weighted by molar-refractivity contribution is -0.145. The maximum Gasteiger partial charge on any atom is 0.326 e. The summed E-state index contributed by atoms with van der Waals surface area (Å²) < 4.78 is 13.4. The smallest absolute Gasteiger partial charge is 0.326 e. The fourth-order valence-corrected chi connectivity index (χ4v) is 1.51. The van der Waals surface area contributed by atoms with Gasteiger partial charge < -0.3 is 20.8 Å². The van der Waals surface area contributed by atoms with E-state index in [9.17, 15) is 18.8 Å². The molecule has 4 N–H and O–H groups in total. The highest BCUT2D eigenvalue weighted by Gasteiger charge is 2.23. The van der Waals surface area contributed by atoms with Gasteiger partial charge in [-0.1, -0.05) is 17.7 Å². The summed E-state index contributed by atoms with van der Waals surface area (Å²) in [5.41, 5.74) is -0.328. The summed E-state index contributed by atoms with van der Waals surface area (Å²) in [4.78, 5) is 32.7. The number of carbonyl (C=O) groups excluding carboxylic acids is 1. The Morgan fingerprint density at radius 2 is 1.95 bits per heavy atom. The Kier molecular flexibility index (Phi) is 5.27. The first-order chi connectivity index (χ1) is 9.31. The number of urea groups is 1. The number of hydrogen-bond donors (Lipinski definition) is 4. The molecule has 20 heavy (non-hydrogen) atoms. The Morgan fingerprint density at radius 3 is 2.45 bits per heavy atom. The lowest BCUT2D eigenvalue weighted by Gasteiger charge is -2.14. The summed E-state index contributed by atoms with van der Waals surface area (Å²) in [6.45, 7) is 0. The predicted octanol–water partition coefficient (Wildman–Crippen LogP) is 1.53. The average molecular weight is 305 g/mol. The molecule has 1 rings (SSSR count). The van der Waals surface area contributed by atoms with Gasteiger partial charge in [0.1, 0.15) is 11.9 Å². The van der Waals surface area contributed by atoms with Crippen LogP contribution in [0, 0.1) is 5.82 Å². The quantitative estimate of drug-likeness (QED) is 0.658. The number of benzene rings is 1. The van der Waals surface area contributed by atoms with E-state index in [1.54, 1.807) is 0 Å². The van der Waals surface area contributed by atoms with Crippen LogP contribution in [-0.4, -0.2) is 34.2 Å². The third-order valence-corrected chi connectivity index (χ3v) is 2.50. The number of amides is 2. The summed E-state index contributed by atoms with van der Waals surface area (Å²) in [5.74, 6) is -3.73. The minimum Gasteiger partial charge on any atom is -0.481 e. The second-order valence-electron chi connectivity index (χ2n) is 3.68. The molecule has 1 aromatic carbocycles. The normalized spacial score (nSPS) is 11.5. The molecule has 0 heterocycles. The predicted molar refractivity (Wildman–Crippen MR) is 67.2 cm³/mol. The number of carboxylic acids is 2. The second-order valence-corrected chi connectivity index (χ2v) is 4.09. The lowest BCUT2D eigenvalue weighted by Crippen LogP contribution is -2.44. The molecule has 1 unspecified atom stereocenters. The Labute approximate surface area is 117 Å². The van der Waals surface area contributed by atoms with Crippen LogP contribution < -0.4 is 10.6 Å². The van der Waals surface area contributed by atoms with Crippen LogP contribution in [0.4, 0.5) is 14.9 Å². The van der Waals surface area contributed by atoms with Crippen molar-refractivity contribution >= 4 is 35.3 Å². The Morgan fingerprint density at radius 1 is 1.30 bits per heavy atom. The highest BCUT2D eigenvalue weighted by molar-refractivity contribution is 6.33. The number of anilines is 1. The van der Waals surface area contributed by atoms with Gasteiger partial charge in [0.25, 0.3) is 0 Å². The van der Waals surface area contributed by atoms with Gasteiger partial charge in [-0.3, -0.25) is 4.79 Å². The zero-order valence-electron chi connectivity index (χ0n) is 9.89. The van der Waals surface area contributed by atoms with Crippen LogP contribution in [0.25, 0.3) is 0 Å². The topological polar surface area (TPSA) is 116 Å². The summed E-state index contributed by atoms with van der Waals surface area (Å²) in [7, 11) is 0. The van der Waals surface area contributed by atoms with Gasteiger partial charge >= 0.3 is 18.0 Å². The van der Waals surface area contributed by atoms with E-state index in [1.165, 1.54) is 12.1 Å². The largest absolute Gasteiger partial charge is 0.481 e. The Hall–Kier alpha value is -2.35. The summed E-state index contributed by atoms with van der Waals surface area (Å²) in [5, 5.41) is 21.1. The van der Waals surface area contributed by atoms with Crippen molar-refractivity contribution in [1.82, 2.24) is 5.32 Å². The molecule has 0 bridgehead atoms. The summed E-state index contributed by atoms with van der Waals surface area (Å²) in [6, 6.07) is 0.980. The minimum absolute atomic E-state index is 0.0785. The standard InChI is InChI=1S/C11H10ClFN2O5/c12-5-2-1-3-6(13)9(5)15-11(20)14-7(10(18)19)4-8(16)17/h1-3,7H,4H2,(H,16,17)(H,18,19)(H2,14,15,20). The average Bonchev–Trinajstić information content (AvgIpc) is 2.32. The van der Waals surface area contributed by atoms with Gasteiger partial charge in [0, 0.05) is 0 Å². The molecule has 9 heteroatoms. The third kappa shape index (κ3) is 4.39. The van der Waals surface area contributed by atoms with E-state index in [2.05, 4.69) is 0 Å². The van der Waals surface area contributed by atoms with Crippen molar-refractivity contribution in [3.63, 3.8) is 0 Å². The highest BCUT2D eigenvalue weighted by atomic mass is 35.5. The number of aliphatic carboxylic acids is 2. The van der Waals surface area contributed by atoms with Gasteiger partial charge in [0.15, 0.2) is 0 Å². The molecule has 7 nitrogen and oxygen atoms in total. The van der Waals surface area contributed by atoms with E-state index in [1.807, 2.05) is 10.6 Å². The van der Waals surface area contributed by atoms with Gasteiger partial charge in [-0.05, 0) is 12.1 Å². The number of halogens is 2. The molecule has 1 atom stereocenters. The maximum absolute atomic E-state index is 13.4. The van der Waals surface area contributed by atoms with Crippen molar-refractivity contribution in [3.05, 3.63) is 29.0 Å². The minimum atomic E-state index is -1.64. The van der Waals surface area contributed by atoms with Crippen LogP contribution in [0.5, 0.6) is 0 Å². The molecule has 0 aromatic heterocycles. The first-order valence-corrected chi connectivity index (χ1v) is 5.65. The van der Waals surface area contributed by atoms with E-state index in [-0.39, 0.29) is 10.7 Å². The van der Waals surface area contributed by atoms with Gasteiger partial charge in [-0.2, -0.15) is 0 Å². The summed E-state index contributed by atoms with van der Waals surface area (Å²) in [6.07, 6.45) is -0.812. The van der Waals surface area contributed by atoms with Crippen LogP contribution in [0.1, 0.15) is 6.42 Å². The number of rotatable bonds is 5. The van der Waals surface area contributed by atoms with E-state index < -0.39 is 36.2 Å². The Bertz CT molecular complexity index is 531. The van der Waals surface area contributed by atoms with Gasteiger partial charge in [0.05, 0.1) is 17.1 Å². The van der Waals surface area contributed by atoms with E-state index in [4.69, 9.17) is 21.8 Å². The molecule has 108 valence electrons. The zero-order valence-corrected chi connectivity index (χ0v) is 10.6. The van der Waals surface area contributed by atoms with E-state index >= 15 is 0 Å². The third-order valence-electron chi connectivity index (χ3n) is 2.18. The number of para-hydroxylation sites is 1. The van der Waals surface area contributed by atoms with Crippen molar-refractivity contribution in [2.45, 2.75) is 12.5 Å². The molecule has 0 aliphatic rings. The molecular weight excluding hydrogens is 295 g/mol. The number of nitrogens with one attached hydrogen (secondary N) is 2. The molecule has 0 saturated carbocycles. The Balaban J connectivity index is 2.76. The molecule has 0 spiro atoms. The van der Waals surface area contributed by atoms with Crippen LogP contribution in [-0.2, 0) is 9.59 Å². The van der Waals surface area contributed by atoms with Crippen LogP contribution >= 0.6 is 11.6 Å². The maximum atomic E-state index is 13.4. The fraction of sp³-hybridized carbons (Fsp3) is 0.182. The zero-order chi connectivity index (χ0) is 15.3. The van der Waals surface area contributed by atoms with Crippen LogP contribution in [0.2, 0.25) is 5.02 Å².